The van der Waals surface area contributed by atoms with E-state index in [1.165, 1.54) is 12.3 Å². The SMILES string of the molecule is COC1=CC(=O)c2c(O)c3c(c(O)c2C1=O)C(=O)[C@]1(CCc2c1c(O)c1c(=O)[nH]c(/C=N/OCc4ccc(Cl)cc4)cc1c2Cl)C3=O. The normalized spacial score (nSPS) is 18.2. The van der Waals surface area contributed by atoms with Gasteiger partial charge in [-0.2, -0.15) is 0 Å². The first-order valence-electron chi connectivity index (χ1n) is 14.0. The number of phenols is 3. The summed E-state index contributed by atoms with van der Waals surface area (Å²) in [4.78, 5) is 75.4. The van der Waals surface area contributed by atoms with Crippen molar-refractivity contribution in [3.05, 3.63) is 107 Å². The Hall–Kier alpha value is -5.46. The Balaban J connectivity index is 1.33. The molecular formula is C33H20Cl2N2O10. The number of pyridine rings is 1. The number of phenolic OH excluding ortho intramolecular Hbond substituents is 3. The lowest BCUT2D eigenvalue weighted by Crippen LogP contribution is -2.36. The molecule has 4 aromatic rings. The number of H-pyrrole nitrogens is 1. The van der Waals surface area contributed by atoms with Crippen molar-refractivity contribution >= 4 is 63.3 Å². The molecule has 47 heavy (non-hydrogen) atoms. The Morgan fingerprint density at radius 1 is 0.936 bits per heavy atom. The number of ether oxygens (including phenoxy) is 1. The minimum absolute atomic E-state index is 0.0158. The van der Waals surface area contributed by atoms with E-state index in [-0.39, 0.29) is 52.1 Å². The molecule has 0 radical (unpaired) electrons. The first-order valence-corrected chi connectivity index (χ1v) is 14.7. The molecule has 0 bridgehead atoms. The van der Waals surface area contributed by atoms with Gasteiger partial charge in [-0.1, -0.05) is 40.5 Å². The van der Waals surface area contributed by atoms with E-state index < -0.39 is 79.4 Å². The number of carbonyl (C=O) groups excluding carboxylic acids is 4. The van der Waals surface area contributed by atoms with Gasteiger partial charge in [0, 0.05) is 22.0 Å². The van der Waals surface area contributed by atoms with Crippen molar-refractivity contribution in [1.29, 1.82) is 0 Å². The van der Waals surface area contributed by atoms with E-state index in [0.29, 0.717) is 5.02 Å². The van der Waals surface area contributed by atoms with Crippen LogP contribution in [0, 0.1) is 0 Å². The van der Waals surface area contributed by atoms with Crippen LogP contribution in [0.5, 0.6) is 17.2 Å². The van der Waals surface area contributed by atoms with Gasteiger partial charge in [-0.3, -0.25) is 24.0 Å². The van der Waals surface area contributed by atoms with Crippen LogP contribution >= 0.6 is 23.2 Å². The second kappa shape index (κ2) is 10.5. The van der Waals surface area contributed by atoms with Crippen molar-refractivity contribution in [3.8, 4) is 17.2 Å². The highest BCUT2D eigenvalue weighted by Crippen LogP contribution is 2.58. The fourth-order valence-electron chi connectivity index (χ4n) is 6.66. The summed E-state index contributed by atoms with van der Waals surface area (Å²) >= 11 is 12.7. The Morgan fingerprint density at radius 2 is 1.60 bits per heavy atom. The van der Waals surface area contributed by atoms with Gasteiger partial charge in [-0.05, 0) is 42.2 Å². The van der Waals surface area contributed by atoms with Gasteiger partial charge in [-0.15, -0.1) is 0 Å². The Kier molecular flexibility index (Phi) is 6.78. The fourth-order valence-corrected chi connectivity index (χ4v) is 7.12. The number of hydrogen-bond acceptors (Lipinski definition) is 11. The molecule has 4 N–H and O–H groups in total. The number of nitrogens with one attached hydrogen (secondary N) is 1. The zero-order valence-corrected chi connectivity index (χ0v) is 25.6. The van der Waals surface area contributed by atoms with Crippen molar-refractivity contribution in [2.45, 2.75) is 24.9 Å². The van der Waals surface area contributed by atoms with Crippen molar-refractivity contribution in [3.63, 3.8) is 0 Å². The maximum Gasteiger partial charge on any atom is 0.260 e. The van der Waals surface area contributed by atoms with Crippen LogP contribution in [0.1, 0.15) is 70.2 Å². The zero-order chi connectivity index (χ0) is 33.5. The molecule has 1 atom stereocenters. The number of oxime groups is 1. The molecule has 3 aromatic carbocycles. The molecule has 1 spiro atoms. The molecule has 0 aliphatic heterocycles. The monoisotopic (exact) mass is 674 g/mol. The van der Waals surface area contributed by atoms with E-state index in [9.17, 15) is 39.3 Å². The smallest absolute Gasteiger partial charge is 0.260 e. The van der Waals surface area contributed by atoms with E-state index in [0.717, 1.165) is 18.7 Å². The van der Waals surface area contributed by atoms with E-state index in [4.69, 9.17) is 32.8 Å². The van der Waals surface area contributed by atoms with Crippen LogP contribution in [0.15, 0.2) is 52.1 Å². The predicted molar refractivity (Wildman–Crippen MR) is 167 cm³/mol. The number of rotatable bonds is 5. The lowest BCUT2D eigenvalue weighted by molar-refractivity contribution is 0.0790. The lowest BCUT2D eigenvalue weighted by atomic mass is 9.76. The quantitative estimate of drug-likeness (QED) is 0.1000. The topological polar surface area (TPSA) is 193 Å². The van der Waals surface area contributed by atoms with Crippen LogP contribution in [-0.4, -0.2) is 56.8 Å². The van der Waals surface area contributed by atoms with Gasteiger partial charge in [-0.25, -0.2) is 0 Å². The van der Waals surface area contributed by atoms with Crippen LogP contribution in [0.4, 0.5) is 0 Å². The van der Waals surface area contributed by atoms with Crippen molar-refractivity contribution in [2.24, 2.45) is 5.16 Å². The number of carbonyl (C=O) groups is 4. The van der Waals surface area contributed by atoms with Gasteiger partial charge in [0.15, 0.2) is 23.1 Å². The molecule has 14 heteroatoms. The summed E-state index contributed by atoms with van der Waals surface area (Å²) in [6.07, 6.45) is 1.76. The van der Waals surface area contributed by atoms with Gasteiger partial charge in [0.2, 0.25) is 5.78 Å². The number of aromatic amines is 1. The molecule has 0 saturated carbocycles. The second-order valence-electron chi connectivity index (χ2n) is 11.2. The van der Waals surface area contributed by atoms with Gasteiger partial charge in [0.1, 0.15) is 29.3 Å². The van der Waals surface area contributed by atoms with E-state index >= 15 is 0 Å². The molecule has 0 amide bonds. The summed E-state index contributed by atoms with van der Waals surface area (Å²) in [5.41, 5.74) is -4.85. The summed E-state index contributed by atoms with van der Waals surface area (Å²) in [7, 11) is 1.12. The highest BCUT2D eigenvalue weighted by atomic mass is 35.5. The minimum atomic E-state index is -2.22. The average molecular weight is 675 g/mol. The van der Waals surface area contributed by atoms with Crippen LogP contribution in [0.2, 0.25) is 10.0 Å². The average Bonchev–Trinajstić information content (AvgIpc) is 3.55. The molecule has 12 nitrogen and oxygen atoms in total. The Bertz CT molecular complexity index is 2290. The van der Waals surface area contributed by atoms with Crippen LogP contribution in [-0.2, 0) is 28.0 Å². The molecule has 0 fully saturated rings. The Morgan fingerprint density at radius 3 is 2.26 bits per heavy atom. The van der Waals surface area contributed by atoms with Gasteiger partial charge in [0.05, 0.1) is 51.7 Å². The summed E-state index contributed by atoms with van der Waals surface area (Å²) < 4.78 is 4.92. The number of aromatic hydroxyl groups is 3. The summed E-state index contributed by atoms with van der Waals surface area (Å²) in [6.45, 7) is 0.119. The molecular weight excluding hydrogens is 655 g/mol. The number of halogens is 2. The number of methoxy groups -OCH3 is 1. The highest BCUT2D eigenvalue weighted by molar-refractivity contribution is 6.41. The third-order valence-corrected chi connectivity index (χ3v) is 9.46. The van der Waals surface area contributed by atoms with Gasteiger partial charge in [0.25, 0.3) is 5.56 Å². The van der Waals surface area contributed by atoms with Gasteiger partial charge >= 0.3 is 0 Å². The molecule has 3 aliphatic carbocycles. The number of fused-ring (bicyclic) bond motifs is 5. The first kappa shape index (κ1) is 30.2. The standard InChI is InChI=1S/C33H20Cl2N2O10/c1-46-18-9-17(38)20-21(26(18)39)28(41)23-22(27(20)40)30(43)33(31(23)44)7-6-15-24(33)29(42)19-16(25(15)35)8-14(37-32(19)45)10-36-47-11-12-2-4-13(34)5-3-12/h2-5,8-10,40-42H,6-7,11H2,1H3,(H,37,45)/b36-10+/t33-/m0/s1. The number of Topliss-reactive ketones (excluding diaryl/α,β-unsaturated/α-hetero) is 3. The molecule has 0 unspecified atom stereocenters. The minimum Gasteiger partial charge on any atom is -0.507 e. The third-order valence-electron chi connectivity index (χ3n) is 8.77. The van der Waals surface area contributed by atoms with Crippen molar-refractivity contribution in [1.82, 2.24) is 4.98 Å². The van der Waals surface area contributed by atoms with Gasteiger partial charge < -0.3 is 29.9 Å². The maximum absolute atomic E-state index is 14.2. The second-order valence-corrected chi connectivity index (χ2v) is 12.0. The molecule has 3 aliphatic rings. The number of ketones is 4. The molecule has 1 heterocycles. The van der Waals surface area contributed by atoms with Crippen molar-refractivity contribution < 1.29 is 44.1 Å². The van der Waals surface area contributed by atoms with E-state index in [1.54, 1.807) is 24.3 Å². The number of allylic oxidation sites excluding steroid dienone is 2. The maximum atomic E-state index is 14.2. The molecule has 236 valence electrons. The third kappa shape index (κ3) is 4.08. The van der Waals surface area contributed by atoms with E-state index in [1.807, 2.05) is 0 Å². The first-order chi connectivity index (χ1) is 22.4. The number of benzene rings is 3. The molecule has 1 aromatic heterocycles. The van der Waals surface area contributed by atoms with Crippen LogP contribution < -0.4 is 5.56 Å². The van der Waals surface area contributed by atoms with Crippen LogP contribution in [0.3, 0.4) is 0 Å². The molecule has 0 saturated heterocycles. The number of nitrogens with zero attached hydrogens (tertiary/aromatic N) is 1. The molecule has 7 rings (SSSR count). The largest absolute Gasteiger partial charge is 0.507 e. The number of hydrogen-bond donors (Lipinski definition) is 4. The van der Waals surface area contributed by atoms with E-state index in [2.05, 4.69) is 10.1 Å². The Labute approximate surface area is 273 Å². The zero-order valence-electron chi connectivity index (χ0n) is 24.1. The summed E-state index contributed by atoms with van der Waals surface area (Å²) in [5, 5.41) is 38.1. The summed E-state index contributed by atoms with van der Waals surface area (Å²) in [6, 6.07) is 8.35. The lowest BCUT2D eigenvalue weighted by Gasteiger charge is -2.23. The summed E-state index contributed by atoms with van der Waals surface area (Å²) in [5.74, 6) is -7.07. The highest BCUT2D eigenvalue weighted by Gasteiger charge is 2.62. The number of aromatic nitrogens is 1. The fraction of sp³-hybridized carbons (Fsp3) is 0.152. The van der Waals surface area contributed by atoms with Crippen molar-refractivity contribution in [2.75, 3.05) is 7.11 Å². The van der Waals surface area contributed by atoms with Crippen LogP contribution in [0.25, 0.3) is 10.8 Å². The predicted octanol–water partition coefficient (Wildman–Crippen LogP) is 4.67.